The van der Waals surface area contributed by atoms with Crippen molar-refractivity contribution >= 4 is 27.0 Å². The van der Waals surface area contributed by atoms with Gasteiger partial charge in [0.1, 0.15) is 4.21 Å². The monoisotopic (exact) mass is 252 g/mol. The number of hydrogen-bond donors (Lipinski definition) is 1. The maximum Gasteiger partial charge on any atom is 0.271 e. The molecule has 1 heterocycles. The zero-order valence-electron chi connectivity index (χ0n) is 8.38. The second-order valence-corrected chi connectivity index (χ2v) is 6.05. The van der Waals surface area contributed by atoms with Crippen LogP contribution < -0.4 is 4.72 Å². The third kappa shape index (κ3) is 2.25. The molecule has 16 heavy (non-hydrogen) atoms. The molecule has 0 spiro atoms. The molecule has 1 N–H and O–H groups in total. The van der Waals surface area contributed by atoms with E-state index in [-0.39, 0.29) is 0 Å². The minimum absolute atomic E-state index is 0.302. The highest BCUT2D eigenvalue weighted by Crippen LogP contribution is 2.21. The van der Waals surface area contributed by atoms with Crippen molar-refractivity contribution < 1.29 is 8.42 Å². The van der Waals surface area contributed by atoms with Gasteiger partial charge in [-0.15, -0.1) is 11.3 Å². The van der Waals surface area contributed by atoms with Crippen LogP contribution in [0.25, 0.3) is 0 Å². The summed E-state index contributed by atoms with van der Waals surface area (Å²) in [5, 5.41) is 1.73. The summed E-state index contributed by atoms with van der Waals surface area (Å²) in [6.07, 6.45) is 0. The van der Waals surface area contributed by atoms with Gasteiger partial charge in [0.2, 0.25) is 0 Å². The van der Waals surface area contributed by atoms with Gasteiger partial charge in [0, 0.05) is 0 Å². The molecule has 0 aliphatic rings. The van der Waals surface area contributed by atoms with Gasteiger partial charge < -0.3 is 0 Å². The summed E-state index contributed by atoms with van der Waals surface area (Å²) < 4.78 is 26.6. The molecule has 0 saturated heterocycles. The smallest absolute Gasteiger partial charge is 0.271 e. The molecule has 2 aromatic rings. The average molecular weight is 252 g/mol. The standard InChI is InChI=1S/C11H10NO2S2/c1-9-5-2-3-6-10(9)12-16(13,14)11-7-4-8-15-11/h2-8,12H,1H2. The normalized spacial score (nSPS) is 11.3. The lowest BCUT2D eigenvalue weighted by Gasteiger charge is -2.08. The molecule has 0 fully saturated rings. The number of sulfonamides is 1. The predicted octanol–water partition coefficient (Wildman–Crippen LogP) is 2.73. The average Bonchev–Trinajstić information content (AvgIpc) is 2.75. The summed E-state index contributed by atoms with van der Waals surface area (Å²) in [5.41, 5.74) is 1.17. The van der Waals surface area contributed by atoms with Gasteiger partial charge in [-0.1, -0.05) is 24.3 Å². The van der Waals surface area contributed by atoms with E-state index >= 15 is 0 Å². The van der Waals surface area contributed by atoms with Gasteiger partial charge in [-0.2, -0.15) is 0 Å². The second kappa shape index (κ2) is 4.27. The number of benzene rings is 1. The Morgan fingerprint density at radius 3 is 2.50 bits per heavy atom. The maximum atomic E-state index is 11.9. The van der Waals surface area contributed by atoms with Crippen molar-refractivity contribution in [3.8, 4) is 0 Å². The number of anilines is 1. The molecule has 0 amide bonds. The maximum absolute atomic E-state index is 11.9. The van der Waals surface area contributed by atoms with E-state index in [1.807, 2.05) is 6.07 Å². The molecule has 0 unspecified atom stereocenters. The highest BCUT2D eigenvalue weighted by molar-refractivity contribution is 7.94. The fourth-order valence-corrected chi connectivity index (χ4v) is 3.33. The highest BCUT2D eigenvalue weighted by atomic mass is 32.2. The molecular weight excluding hydrogens is 242 g/mol. The van der Waals surface area contributed by atoms with Crippen LogP contribution in [0.15, 0.2) is 46.0 Å². The first kappa shape index (κ1) is 11.2. The Bertz CT molecular complexity index is 574. The summed E-state index contributed by atoms with van der Waals surface area (Å²) in [6.45, 7) is 3.76. The van der Waals surface area contributed by atoms with Gasteiger partial charge in [-0.05, 0) is 30.0 Å². The summed E-state index contributed by atoms with van der Waals surface area (Å²) >= 11 is 1.18. The Balaban J connectivity index is 2.33. The van der Waals surface area contributed by atoms with Crippen molar-refractivity contribution in [2.45, 2.75) is 4.21 Å². The zero-order valence-corrected chi connectivity index (χ0v) is 10.0. The van der Waals surface area contributed by atoms with E-state index in [0.29, 0.717) is 15.5 Å². The quantitative estimate of drug-likeness (QED) is 0.913. The number of rotatable bonds is 3. The Kier molecular flexibility index (Phi) is 2.98. The van der Waals surface area contributed by atoms with Crippen molar-refractivity contribution in [3.05, 3.63) is 54.3 Å². The Morgan fingerprint density at radius 2 is 1.88 bits per heavy atom. The van der Waals surface area contributed by atoms with Gasteiger partial charge in [-0.25, -0.2) is 8.42 Å². The van der Waals surface area contributed by atoms with Crippen LogP contribution in [0.4, 0.5) is 5.69 Å². The van der Waals surface area contributed by atoms with E-state index in [2.05, 4.69) is 11.6 Å². The lowest BCUT2D eigenvalue weighted by Crippen LogP contribution is -2.12. The van der Waals surface area contributed by atoms with E-state index < -0.39 is 10.0 Å². The lowest BCUT2D eigenvalue weighted by atomic mass is 10.2. The highest BCUT2D eigenvalue weighted by Gasteiger charge is 2.15. The Labute approximate surface area is 98.8 Å². The van der Waals surface area contributed by atoms with E-state index in [0.717, 1.165) is 0 Å². The van der Waals surface area contributed by atoms with E-state index in [1.165, 1.54) is 11.3 Å². The van der Waals surface area contributed by atoms with Crippen LogP contribution >= 0.6 is 11.3 Å². The first-order valence-electron chi connectivity index (χ1n) is 4.57. The van der Waals surface area contributed by atoms with Crippen LogP contribution in [0, 0.1) is 6.92 Å². The van der Waals surface area contributed by atoms with Crippen LogP contribution in [0.2, 0.25) is 0 Å². The van der Waals surface area contributed by atoms with Crippen molar-refractivity contribution in [1.29, 1.82) is 0 Å². The zero-order chi connectivity index (χ0) is 11.6. The van der Waals surface area contributed by atoms with Gasteiger partial charge in [-0.3, -0.25) is 4.72 Å². The molecule has 0 atom stereocenters. The molecule has 0 saturated carbocycles. The number of para-hydroxylation sites is 1. The van der Waals surface area contributed by atoms with Crippen molar-refractivity contribution in [2.75, 3.05) is 4.72 Å². The summed E-state index contributed by atoms with van der Waals surface area (Å²) in [4.78, 5) is 0. The molecule has 83 valence electrons. The van der Waals surface area contributed by atoms with Gasteiger partial charge >= 0.3 is 0 Å². The SMILES string of the molecule is [CH2]c1ccccc1NS(=O)(=O)c1cccs1. The molecule has 0 aliphatic heterocycles. The minimum atomic E-state index is -3.46. The van der Waals surface area contributed by atoms with Crippen molar-refractivity contribution in [3.63, 3.8) is 0 Å². The van der Waals surface area contributed by atoms with Crippen molar-refractivity contribution in [1.82, 2.24) is 0 Å². The fraction of sp³-hybridized carbons (Fsp3) is 0. The first-order chi connectivity index (χ1) is 7.59. The minimum Gasteiger partial charge on any atom is -0.279 e. The molecule has 3 nitrogen and oxygen atoms in total. The summed E-state index contributed by atoms with van der Waals surface area (Å²) in [7, 11) is -3.46. The van der Waals surface area contributed by atoms with Crippen LogP contribution in [-0.4, -0.2) is 8.42 Å². The number of nitrogens with one attached hydrogen (secondary N) is 1. The lowest BCUT2D eigenvalue weighted by molar-refractivity contribution is 0.603. The summed E-state index contributed by atoms with van der Waals surface area (Å²) in [6, 6.07) is 10.3. The third-order valence-electron chi connectivity index (χ3n) is 2.02. The van der Waals surface area contributed by atoms with Gasteiger partial charge in [0.05, 0.1) is 5.69 Å². The molecule has 0 aliphatic carbocycles. The van der Waals surface area contributed by atoms with Crippen molar-refractivity contribution in [2.24, 2.45) is 0 Å². The van der Waals surface area contributed by atoms with Gasteiger partial charge in [0.25, 0.3) is 10.0 Å². The molecule has 5 heteroatoms. The molecule has 1 radical (unpaired) electrons. The molecular formula is C11H10NO2S2. The molecule has 1 aromatic heterocycles. The molecule has 1 aromatic carbocycles. The third-order valence-corrected chi connectivity index (χ3v) is 4.78. The largest absolute Gasteiger partial charge is 0.279 e. The van der Waals surface area contributed by atoms with Crippen LogP contribution in [0.3, 0.4) is 0 Å². The van der Waals surface area contributed by atoms with Crippen LogP contribution in [0.5, 0.6) is 0 Å². The second-order valence-electron chi connectivity index (χ2n) is 3.19. The first-order valence-corrected chi connectivity index (χ1v) is 6.93. The topological polar surface area (TPSA) is 46.2 Å². The Hall–Kier alpha value is -1.33. The van der Waals surface area contributed by atoms with E-state index in [1.54, 1.807) is 35.7 Å². The van der Waals surface area contributed by atoms with Crippen LogP contribution in [-0.2, 0) is 10.0 Å². The molecule has 2 rings (SSSR count). The Morgan fingerprint density at radius 1 is 1.12 bits per heavy atom. The fourth-order valence-electron chi connectivity index (χ4n) is 1.23. The van der Waals surface area contributed by atoms with Crippen LogP contribution in [0.1, 0.15) is 5.56 Å². The van der Waals surface area contributed by atoms with E-state index in [4.69, 9.17) is 0 Å². The number of hydrogen-bond acceptors (Lipinski definition) is 3. The number of thiophene rings is 1. The van der Waals surface area contributed by atoms with Gasteiger partial charge in [0.15, 0.2) is 0 Å². The van der Waals surface area contributed by atoms with E-state index in [9.17, 15) is 8.42 Å². The predicted molar refractivity (Wildman–Crippen MR) is 66.0 cm³/mol. The summed E-state index contributed by atoms with van der Waals surface area (Å²) in [5.74, 6) is 0. The molecule has 0 bridgehead atoms.